The Balaban J connectivity index is 1.50. The summed E-state index contributed by atoms with van der Waals surface area (Å²) < 4.78 is 13.1. The molecule has 4 rings (SSSR count). The fourth-order valence-corrected chi connectivity index (χ4v) is 6.36. The van der Waals surface area contributed by atoms with Gasteiger partial charge in [0.2, 0.25) is 5.91 Å². The summed E-state index contributed by atoms with van der Waals surface area (Å²) >= 11 is 8.88. The lowest BCUT2D eigenvalue weighted by atomic mass is 10.0. The molecule has 4 aromatic rings. The van der Waals surface area contributed by atoms with Crippen molar-refractivity contribution >= 4 is 51.6 Å². The van der Waals surface area contributed by atoms with Gasteiger partial charge in [-0.15, -0.1) is 28.1 Å². The molecule has 0 aliphatic carbocycles. The number of thiophene rings is 1. The number of benzene rings is 2. The summed E-state index contributed by atoms with van der Waals surface area (Å²) in [5, 5.41) is 13.3. The van der Waals surface area contributed by atoms with E-state index in [0.29, 0.717) is 38.9 Å². The quantitative estimate of drug-likeness (QED) is 0.107. The Morgan fingerprint density at radius 1 is 1.17 bits per heavy atom. The van der Waals surface area contributed by atoms with E-state index in [1.807, 2.05) is 74.7 Å². The molecule has 11 heteroatoms. The van der Waals surface area contributed by atoms with Crippen molar-refractivity contribution in [2.75, 3.05) is 18.2 Å². The van der Waals surface area contributed by atoms with Crippen molar-refractivity contribution in [2.45, 2.75) is 45.5 Å². The highest BCUT2D eigenvalue weighted by Crippen LogP contribution is 2.40. The highest BCUT2D eigenvalue weighted by atomic mass is 35.5. The van der Waals surface area contributed by atoms with Gasteiger partial charge in [0.25, 0.3) is 0 Å². The van der Waals surface area contributed by atoms with Crippen LogP contribution in [0.15, 0.2) is 60.3 Å². The number of halogens is 1. The van der Waals surface area contributed by atoms with Crippen LogP contribution in [0.4, 0.5) is 5.00 Å². The van der Waals surface area contributed by atoms with E-state index in [2.05, 4.69) is 22.1 Å². The Kier molecular flexibility index (Phi) is 9.90. The Hall–Kier alpha value is -3.60. The topological polar surface area (TPSA) is 95.3 Å². The van der Waals surface area contributed by atoms with Crippen molar-refractivity contribution in [2.24, 2.45) is 0 Å². The van der Waals surface area contributed by atoms with Gasteiger partial charge in [-0.2, -0.15) is 0 Å². The normalized spacial score (nSPS) is 11.7. The van der Waals surface area contributed by atoms with Gasteiger partial charge in [-0.3, -0.25) is 9.36 Å². The number of amides is 1. The van der Waals surface area contributed by atoms with E-state index in [1.165, 1.54) is 30.2 Å². The van der Waals surface area contributed by atoms with Crippen LogP contribution < -0.4 is 10.1 Å². The van der Waals surface area contributed by atoms with Crippen molar-refractivity contribution in [1.82, 2.24) is 14.8 Å². The van der Waals surface area contributed by atoms with Crippen LogP contribution in [0.3, 0.4) is 0 Å². The molecule has 8 nitrogen and oxygen atoms in total. The molecular formula is C30H31ClN4O4S2. The van der Waals surface area contributed by atoms with Crippen molar-refractivity contribution in [3.8, 4) is 16.9 Å². The number of nitrogens with zero attached hydrogens (tertiary/aromatic N) is 3. The van der Waals surface area contributed by atoms with Gasteiger partial charge < -0.3 is 14.8 Å². The first-order valence-corrected chi connectivity index (χ1v) is 15.0. The number of carbonyl (C=O) groups is 2. The minimum atomic E-state index is -0.508. The van der Waals surface area contributed by atoms with E-state index in [9.17, 15) is 9.59 Å². The first-order chi connectivity index (χ1) is 19.6. The fraction of sp³-hybridized carbons (Fsp3) is 0.267. The van der Waals surface area contributed by atoms with E-state index in [1.54, 1.807) is 6.08 Å². The molecule has 0 spiro atoms. The molecule has 2 heterocycles. The van der Waals surface area contributed by atoms with Crippen molar-refractivity contribution in [3.05, 3.63) is 87.5 Å². The molecule has 214 valence electrons. The number of nitrogens with one attached hydrogen (secondary N) is 1. The van der Waals surface area contributed by atoms with Crippen molar-refractivity contribution < 1.29 is 19.1 Å². The zero-order valence-electron chi connectivity index (χ0n) is 23.5. The van der Waals surface area contributed by atoms with Crippen LogP contribution in [0.1, 0.15) is 45.2 Å². The Bertz CT molecular complexity index is 1560. The molecule has 1 unspecified atom stereocenters. The first kappa shape index (κ1) is 30.4. The van der Waals surface area contributed by atoms with Crippen LogP contribution in [0.2, 0.25) is 5.02 Å². The summed E-state index contributed by atoms with van der Waals surface area (Å²) in [5.74, 6) is 0.547. The number of rotatable bonds is 11. The molecule has 0 saturated carbocycles. The standard InChI is InChI=1S/C30H31ClN4O4S2/c1-7-13-35-27(19(4)39-22-14-17(2)26(31)18(3)15-22)33-34-30(35)40-16-23(36)32-28-25(29(37)38-6)24(20(5)41-28)21-11-9-8-10-12-21/h7-12,14-15,19H,1,13,16H2,2-6H3,(H,32,36). The van der Waals surface area contributed by atoms with Gasteiger partial charge in [-0.05, 0) is 56.5 Å². The Labute approximate surface area is 252 Å². The lowest BCUT2D eigenvalue weighted by Gasteiger charge is -2.17. The first-order valence-electron chi connectivity index (χ1n) is 12.8. The van der Waals surface area contributed by atoms with Gasteiger partial charge >= 0.3 is 5.97 Å². The van der Waals surface area contributed by atoms with E-state index < -0.39 is 12.1 Å². The van der Waals surface area contributed by atoms with Crippen LogP contribution in [0.5, 0.6) is 5.75 Å². The van der Waals surface area contributed by atoms with Gasteiger partial charge in [0.15, 0.2) is 17.1 Å². The van der Waals surface area contributed by atoms with Crippen LogP contribution in [-0.4, -0.2) is 39.5 Å². The van der Waals surface area contributed by atoms with E-state index in [0.717, 1.165) is 27.1 Å². The average Bonchev–Trinajstić information content (AvgIpc) is 3.50. The zero-order valence-corrected chi connectivity index (χ0v) is 25.9. The highest BCUT2D eigenvalue weighted by Gasteiger charge is 2.26. The van der Waals surface area contributed by atoms with Crippen LogP contribution in [-0.2, 0) is 16.1 Å². The van der Waals surface area contributed by atoms with Gasteiger partial charge in [-0.25, -0.2) is 4.79 Å². The third-order valence-corrected chi connectivity index (χ3v) is 8.85. The second-order valence-electron chi connectivity index (χ2n) is 9.30. The minimum Gasteiger partial charge on any atom is -0.483 e. The number of allylic oxidation sites excluding steroid dienone is 1. The molecule has 0 saturated heterocycles. The van der Waals surface area contributed by atoms with Crippen LogP contribution >= 0.6 is 34.7 Å². The SMILES string of the molecule is C=CCn1c(SCC(=O)Nc2sc(C)c(-c3ccccc3)c2C(=O)OC)nnc1C(C)Oc1cc(C)c(Cl)c(C)c1. The fourth-order valence-electron chi connectivity index (χ4n) is 4.41. The monoisotopic (exact) mass is 610 g/mol. The average molecular weight is 611 g/mol. The predicted molar refractivity (Wildman–Crippen MR) is 165 cm³/mol. The number of aromatic nitrogens is 3. The molecular weight excluding hydrogens is 580 g/mol. The molecule has 2 aromatic heterocycles. The number of thioether (sulfide) groups is 1. The third kappa shape index (κ3) is 6.83. The summed E-state index contributed by atoms with van der Waals surface area (Å²) in [5.41, 5.74) is 3.82. The van der Waals surface area contributed by atoms with Gasteiger partial charge in [0.1, 0.15) is 16.3 Å². The number of hydrogen-bond acceptors (Lipinski definition) is 8. The molecule has 2 aromatic carbocycles. The minimum absolute atomic E-state index is 0.0539. The molecule has 0 aliphatic rings. The number of aryl methyl sites for hydroxylation is 3. The number of hydrogen-bond donors (Lipinski definition) is 1. The number of ether oxygens (including phenoxy) is 2. The zero-order chi connectivity index (χ0) is 29.7. The van der Waals surface area contributed by atoms with E-state index >= 15 is 0 Å². The third-order valence-electron chi connectivity index (χ3n) is 6.27. The van der Waals surface area contributed by atoms with Gasteiger partial charge in [0, 0.05) is 22.0 Å². The Morgan fingerprint density at radius 3 is 2.49 bits per heavy atom. The summed E-state index contributed by atoms with van der Waals surface area (Å²) in [6.07, 6.45) is 1.32. The summed E-state index contributed by atoms with van der Waals surface area (Å²) in [6.45, 7) is 12.0. The molecule has 0 bridgehead atoms. The largest absolute Gasteiger partial charge is 0.483 e. The van der Waals surface area contributed by atoms with Crippen LogP contribution in [0, 0.1) is 20.8 Å². The molecule has 0 fully saturated rings. The predicted octanol–water partition coefficient (Wildman–Crippen LogP) is 7.43. The molecule has 0 radical (unpaired) electrons. The molecule has 0 aliphatic heterocycles. The Morgan fingerprint density at radius 2 is 1.85 bits per heavy atom. The van der Waals surface area contributed by atoms with Crippen molar-refractivity contribution in [3.63, 3.8) is 0 Å². The summed E-state index contributed by atoms with van der Waals surface area (Å²) in [4.78, 5) is 26.7. The second kappa shape index (κ2) is 13.4. The lowest BCUT2D eigenvalue weighted by Crippen LogP contribution is -2.17. The molecule has 1 amide bonds. The van der Waals surface area contributed by atoms with Gasteiger partial charge in [-0.1, -0.05) is 59.8 Å². The number of anilines is 1. The van der Waals surface area contributed by atoms with E-state index in [4.69, 9.17) is 21.1 Å². The van der Waals surface area contributed by atoms with Crippen molar-refractivity contribution in [1.29, 1.82) is 0 Å². The maximum Gasteiger partial charge on any atom is 0.341 e. The highest BCUT2D eigenvalue weighted by molar-refractivity contribution is 7.99. The maximum absolute atomic E-state index is 13.1. The molecule has 1 N–H and O–H groups in total. The van der Waals surface area contributed by atoms with Gasteiger partial charge in [0.05, 0.1) is 12.9 Å². The lowest BCUT2D eigenvalue weighted by molar-refractivity contribution is -0.113. The molecule has 1 atom stereocenters. The van der Waals surface area contributed by atoms with E-state index in [-0.39, 0.29) is 11.7 Å². The summed E-state index contributed by atoms with van der Waals surface area (Å²) in [7, 11) is 1.33. The van der Waals surface area contributed by atoms with Crippen LogP contribution in [0.25, 0.3) is 11.1 Å². The molecule has 41 heavy (non-hydrogen) atoms. The number of esters is 1. The maximum atomic E-state index is 13.1. The second-order valence-corrected chi connectivity index (χ2v) is 11.8. The summed E-state index contributed by atoms with van der Waals surface area (Å²) in [6, 6.07) is 13.3. The smallest absolute Gasteiger partial charge is 0.341 e. The number of methoxy groups -OCH3 is 1. The number of carbonyl (C=O) groups excluding carboxylic acids is 2.